The van der Waals surface area contributed by atoms with E-state index in [1.54, 1.807) is 12.4 Å². The summed E-state index contributed by atoms with van der Waals surface area (Å²) >= 11 is 1.31. The molecule has 2 N–H and O–H groups in total. The number of carbonyl (C=O) groups excluding carboxylic acids is 1. The van der Waals surface area contributed by atoms with Crippen LogP contribution in [0.15, 0.2) is 29.7 Å². The standard InChI is InChI=1S/C13H17N5OS/c1-9(2)7-15-11(19)8-20-13-16-12(17-18-13)10-3-5-14-6-4-10/h3-6,9H,7-8H2,1-2H3,(H,15,19)(H,16,17,18). The molecule has 0 unspecified atom stereocenters. The van der Waals surface area contributed by atoms with E-state index in [4.69, 9.17) is 0 Å². The molecule has 0 bridgehead atoms. The lowest BCUT2D eigenvalue weighted by Crippen LogP contribution is -2.28. The van der Waals surface area contributed by atoms with Crippen molar-refractivity contribution >= 4 is 17.7 Å². The molecular weight excluding hydrogens is 274 g/mol. The summed E-state index contributed by atoms with van der Waals surface area (Å²) < 4.78 is 0. The first kappa shape index (κ1) is 14.5. The second kappa shape index (κ2) is 7.04. The van der Waals surface area contributed by atoms with Crippen LogP contribution in [0.2, 0.25) is 0 Å². The van der Waals surface area contributed by atoms with Gasteiger partial charge in [-0.1, -0.05) is 25.6 Å². The fourth-order valence-corrected chi connectivity index (χ4v) is 2.08. The van der Waals surface area contributed by atoms with E-state index in [0.717, 1.165) is 5.56 Å². The quantitative estimate of drug-likeness (QED) is 0.792. The molecule has 0 aliphatic heterocycles. The first-order chi connectivity index (χ1) is 9.65. The molecule has 0 aliphatic rings. The number of rotatable bonds is 6. The number of H-pyrrole nitrogens is 1. The number of aromatic nitrogens is 4. The number of hydrogen-bond donors (Lipinski definition) is 2. The van der Waals surface area contributed by atoms with Gasteiger partial charge in [0, 0.05) is 24.5 Å². The van der Waals surface area contributed by atoms with Crippen LogP contribution in [-0.4, -0.2) is 38.4 Å². The Bertz CT molecular complexity index is 555. The molecule has 0 saturated carbocycles. The average molecular weight is 291 g/mol. The smallest absolute Gasteiger partial charge is 0.230 e. The van der Waals surface area contributed by atoms with Crippen molar-refractivity contribution in [1.29, 1.82) is 0 Å². The maximum Gasteiger partial charge on any atom is 0.230 e. The highest BCUT2D eigenvalue weighted by molar-refractivity contribution is 7.99. The lowest BCUT2D eigenvalue weighted by Gasteiger charge is -2.05. The molecule has 0 spiro atoms. The summed E-state index contributed by atoms with van der Waals surface area (Å²) in [6.07, 6.45) is 3.40. The predicted molar refractivity (Wildman–Crippen MR) is 78.2 cm³/mol. The third kappa shape index (κ3) is 4.34. The van der Waals surface area contributed by atoms with Crippen molar-refractivity contribution < 1.29 is 4.79 Å². The van der Waals surface area contributed by atoms with Crippen LogP contribution >= 0.6 is 11.8 Å². The molecule has 0 aliphatic carbocycles. The molecule has 7 heteroatoms. The summed E-state index contributed by atoms with van der Waals surface area (Å²) in [4.78, 5) is 19.9. The largest absolute Gasteiger partial charge is 0.355 e. The number of aromatic amines is 1. The summed E-state index contributed by atoms with van der Waals surface area (Å²) in [6.45, 7) is 4.81. The van der Waals surface area contributed by atoms with Crippen LogP contribution in [0.4, 0.5) is 0 Å². The van der Waals surface area contributed by atoms with Gasteiger partial charge in [-0.15, -0.1) is 5.10 Å². The van der Waals surface area contributed by atoms with E-state index in [1.165, 1.54) is 11.8 Å². The molecule has 0 saturated heterocycles. The van der Waals surface area contributed by atoms with Gasteiger partial charge < -0.3 is 5.32 Å². The molecule has 0 aromatic carbocycles. The maximum absolute atomic E-state index is 11.6. The van der Waals surface area contributed by atoms with E-state index < -0.39 is 0 Å². The first-order valence-electron chi connectivity index (χ1n) is 6.37. The van der Waals surface area contributed by atoms with Crippen molar-refractivity contribution in [2.45, 2.75) is 19.0 Å². The van der Waals surface area contributed by atoms with Crippen LogP contribution in [0.1, 0.15) is 13.8 Å². The topological polar surface area (TPSA) is 83.6 Å². The van der Waals surface area contributed by atoms with Crippen molar-refractivity contribution in [3.05, 3.63) is 24.5 Å². The van der Waals surface area contributed by atoms with Crippen molar-refractivity contribution in [2.24, 2.45) is 5.92 Å². The fourth-order valence-electron chi connectivity index (χ4n) is 1.45. The van der Waals surface area contributed by atoms with Gasteiger partial charge >= 0.3 is 0 Å². The zero-order valence-electron chi connectivity index (χ0n) is 11.5. The van der Waals surface area contributed by atoms with E-state index in [1.807, 2.05) is 12.1 Å². The van der Waals surface area contributed by atoms with Gasteiger partial charge in [0.1, 0.15) is 0 Å². The van der Waals surface area contributed by atoms with Gasteiger partial charge in [-0.05, 0) is 18.1 Å². The van der Waals surface area contributed by atoms with E-state index in [9.17, 15) is 4.79 Å². The van der Waals surface area contributed by atoms with E-state index in [0.29, 0.717) is 29.2 Å². The minimum absolute atomic E-state index is 0.000962. The second-order valence-electron chi connectivity index (χ2n) is 4.69. The number of hydrogen-bond acceptors (Lipinski definition) is 5. The molecule has 2 aromatic heterocycles. The Morgan fingerprint density at radius 1 is 1.40 bits per heavy atom. The maximum atomic E-state index is 11.6. The van der Waals surface area contributed by atoms with Gasteiger partial charge in [-0.3, -0.25) is 14.9 Å². The zero-order chi connectivity index (χ0) is 14.4. The number of amides is 1. The highest BCUT2D eigenvalue weighted by Gasteiger charge is 2.08. The number of nitrogens with one attached hydrogen (secondary N) is 2. The molecule has 0 radical (unpaired) electrons. The molecule has 6 nitrogen and oxygen atoms in total. The third-order valence-electron chi connectivity index (χ3n) is 2.46. The Morgan fingerprint density at radius 2 is 2.15 bits per heavy atom. The van der Waals surface area contributed by atoms with Crippen LogP contribution in [-0.2, 0) is 4.79 Å². The molecule has 106 valence electrons. The van der Waals surface area contributed by atoms with Crippen molar-refractivity contribution in [3.8, 4) is 11.4 Å². The van der Waals surface area contributed by atoms with Gasteiger partial charge in [0.15, 0.2) is 5.82 Å². The minimum Gasteiger partial charge on any atom is -0.355 e. The average Bonchev–Trinajstić information content (AvgIpc) is 2.93. The number of pyridine rings is 1. The van der Waals surface area contributed by atoms with Crippen LogP contribution in [0.25, 0.3) is 11.4 Å². The number of nitrogens with zero attached hydrogens (tertiary/aromatic N) is 3. The van der Waals surface area contributed by atoms with Gasteiger partial charge in [-0.25, -0.2) is 4.98 Å². The van der Waals surface area contributed by atoms with Gasteiger partial charge in [0.25, 0.3) is 0 Å². The zero-order valence-corrected chi connectivity index (χ0v) is 12.3. The third-order valence-corrected chi connectivity index (χ3v) is 3.31. The second-order valence-corrected chi connectivity index (χ2v) is 5.63. The highest BCUT2D eigenvalue weighted by Crippen LogP contribution is 2.18. The van der Waals surface area contributed by atoms with Crippen molar-refractivity contribution in [1.82, 2.24) is 25.5 Å². The predicted octanol–water partition coefficient (Wildman–Crippen LogP) is 1.73. The Labute approximate surface area is 121 Å². The monoisotopic (exact) mass is 291 g/mol. The molecule has 0 atom stereocenters. The molecular formula is C13H17N5OS. The normalized spacial score (nSPS) is 10.8. The van der Waals surface area contributed by atoms with Gasteiger partial charge in [0.05, 0.1) is 5.75 Å². The lowest BCUT2D eigenvalue weighted by molar-refractivity contribution is -0.118. The Morgan fingerprint density at radius 3 is 2.85 bits per heavy atom. The molecule has 2 heterocycles. The van der Waals surface area contributed by atoms with E-state index >= 15 is 0 Å². The first-order valence-corrected chi connectivity index (χ1v) is 7.36. The molecule has 0 fully saturated rings. The van der Waals surface area contributed by atoms with Crippen LogP contribution in [0.3, 0.4) is 0 Å². The summed E-state index contributed by atoms with van der Waals surface area (Å²) in [5.41, 5.74) is 0.920. The highest BCUT2D eigenvalue weighted by atomic mass is 32.2. The van der Waals surface area contributed by atoms with Crippen molar-refractivity contribution in [3.63, 3.8) is 0 Å². The van der Waals surface area contributed by atoms with E-state index in [-0.39, 0.29) is 5.91 Å². The fraction of sp³-hybridized carbons (Fsp3) is 0.385. The van der Waals surface area contributed by atoms with E-state index in [2.05, 4.69) is 39.3 Å². The number of carbonyl (C=O) groups is 1. The Balaban J connectivity index is 1.86. The number of thioether (sulfide) groups is 1. The van der Waals surface area contributed by atoms with Crippen LogP contribution in [0, 0.1) is 5.92 Å². The molecule has 1 amide bonds. The van der Waals surface area contributed by atoms with Crippen molar-refractivity contribution in [2.75, 3.05) is 12.3 Å². The summed E-state index contributed by atoms with van der Waals surface area (Å²) in [5, 5.41) is 10.4. The molecule has 20 heavy (non-hydrogen) atoms. The summed E-state index contributed by atoms with van der Waals surface area (Å²) in [7, 11) is 0. The van der Waals surface area contributed by atoms with Gasteiger partial charge in [0.2, 0.25) is 11.1 Å². The van der Waals surface area contributed by atoms with Crippen LogP contribution in [0.5, 0.6) is 0 Å². The summed E-state index contributed by atoms with van der Waals surface area (Å²) in [6, 6.07) is 3.70. The Hall–Kier alpha value is -1.89. The van der Waals surface area contributed by atoms with Gasteiger partial charge in [-0.2, -0.15) is 0 Å². The molecule has 2 aromatic rings. The summed E-state index contributed by atoms with van der Waals surface area (Å²) in [5.74, 6) is 1.45. The minimum atomic E-state index is -0.000962. The van der Waals surface area contributed by atoms with Crippen LogP contribution < -0.4 is 5.32 Å². The SMILES string of the molecule is CC(C)CNC(=O)CSc1n[nH]c(-c2ccncc2)n1. The Kier molecular flexibility index (Phi) is 5.11. The molecule has 2 rings (SSSR count). The lowest BCUT2D eigenvalue weighted by atomic mass is 10.2.